The van der Waals surface area contributed by atoms with Crippen molar-refractivity contribution in [3.05, 3.63) is 30.0 Å². The first-order valence-electron chi connectivity index (χ1n) is 6.64. The second-order valence-electron chi connectivity index (χ2n) is 4.97. The number of rotatable bonds is 2. The lowest BCUT2D eigenvalue weighted by Gasteiger charge is -2.17. The molecule has 0 saturated carbocycles. The standard InChI is InChI=1S/C15H20N2/c1-3-17-12(2)10-13-11-14(6-7-15(13)17)16-8-4-5-9-16/h6-7,10-11H,3-5,8-9H2,1-2H3. The molecule has 2 nitrogen and oxygen atoms in total. The molecule has 0 amide bonds. The van der Waals surface area contributed by atoms with Crippen LogP contribution in [0.3, 0.4) is 0 Å². The molecule has 0 aliphatic carbocycles. The molecule has 1 saturated heterocycles. The summed E-state index contributed by atoms with van der Waals surface area (Å²) in [6.45, 7) is 7.90. The highest BCUT2D eigenvalue weighted by atomic mass is 15.1. The molecule has 0 radical (unpaired) electrons. The lowest BCUT2D eigenvalue weighted by molar-refractivity contribution is 0.769. The number of benzene rings is 1. The molecule has 2 aromatic rings. The van der Waals surface area contributed by atoms with E-state index in [2.05, 4.69) is 47.6 Å². The molecular weight excluding hydrogens is 208 g/mol. The van der Waals surface area contributed by atoms with Crippen LogP contribution in [0.2, 0.25) is 0 Å². The van der Waals surface area contributed by atoms with Gasteiger partial charge in [0, 0.05) is 41.9 Å². The molecule has 90 valence electrons. The molecule has 17 heavy (non-hydrogen) atoms. The SMILES string of the molecule is CCn1c(C)cc2cc(N3CCCC3)ccc21. The van der Waals surface area contributed by atoms with Gasteiger partial charge in [-0.15, -0.1) is 0 Å². The molecule has 0 atom stereocenters. The van der Waals surface area contributed by atoms with Crippen LogP contribution in [0.4, 0.5) is 5.69 Å². The minimum atomic E-state index is 1.05. The predicted molar refractivity (Wildman–Crippen MR) is 73.8 cm³/mol. The summed E-state index contributed by atoms with van der Waals surface area (Å²) >= 11 is 0. The van der Waals surface area contributed by atoms with Gasteiger partial charge in [-0.3, -0.25) is 0 Å². The van der Waals surface area contributed by atoms with Gasteiger partial charge in [-0.25, -0.2) is 0 Å². The van der Waals surface area contributed by atoms with Crippen LogP contribution in [-0.4, -0.2) is 17.7 Å². The van der Waals surface area contributed by atoms with Gasteiger partial charge in [0.15, 0.2) is 0 Å². The summed E-state index contributed by atoms with van der Waals surface area (Å²) in [6.07, 6.45) is 2.68. The molecule has 2 heteroatoms. The van der Waals surface area contributed by atoms with Crippen molar-refractivity contribution < 1.29 is 0 Å². The van der Waals surface area contributed by atoms with Crippen LogP contribution in [0.1, 0.15) is 25.5 Å². The topological polar surface area (TPSA) is 8.17 Å². The fourth-order valence-corrected chi connectivity index (χ4v) is 2.99. The summed E-state index contributed by atoms with van der Waals surface area (Å²) in [5.74, 6) is 0. The van der Waals surface area contributed by atoms with Gasteiger partial charge in [0.1, 0.15) is 0 Å². The van der Waals surface area contributed by atoms with Gasteiger partial charge in [0.2, 0.25) is 0 Å². The van der Waals surface area contributed by atoms with Gasteiger partial charge in [-0.05, 0) is 51.0 Å². The number of aromatic nitrogens is 1. The number of hydrogen-bond donors (Lipinski definition) is 0. The lowest BCUT2D eigenvalue weighted by Crippen LogP contribution is -2.17. The van der Waals surface area contributed by atoms with Crippen molar-refractivity contribution in [1.29, 1.82) is 0 Å². The van der Waals surface area contributed by atoms with Gasteiger partial charge in [0.25, 0.3) is 0 Å². The van der Waals surface area contributed by atoms with Crippen molar-refractivity contribution in [2.75, 3.05) is 18.0 Å². The number of aryl methyl sites for hydroxylation is 2. The second-order valence-corrected chi connectivity index (χ2v) is 4.97. The fraction of sp³-hybridized carbons (Fsp3) is 0.467. The van der Waals surface area contributed by atoms with E-state index in [9.17, 15) is 0 Å². The maximum Gasteiger partial charge on any atom is 0.0483 e. The Morgan fingerprint density at radius 2 is 1.88 bits per heavy atom. The van der Waals surface area contributed by atoms with Crippen LogP contribution in [-0.2, 0) is 6.54 Å². The van der Waals surface area contributed by atoms with Gasteiger partial charge in [0.05, 0.1) is 0 Å². The van der Waals surface area contributed by atoms with Crippen LogP contribution in [0.25, 0.3) is 10.9 Å². The maximum absolute atomic E-state index is 2.50. The summed E-state index contributed by atoms with van der Waals surface area (Å²) < 4.78 is 2.38. The number of nitrogens with zero attached hydrogens (tertiary/aromatic N) is 2. The first-order valence-corrected chi connectivity index (χ1v) is 6.64. The summed E-state index contributed by atoms with van der Waals surface area (Å²) in [4.78, 5) is 2.50. The Hall–Kier alpha value is -1.44. The molecule has 0 bridgehead atoms. The van der Waals surface area contributed by atoms with Gasteiger partial charge >= 0.3 is 0 Å². The Balaban J connectivity index is 2.07. The molecule has 1 aliphatic rings. The molecule has 0 N–H and O–H groups in total. The van der Waals surface area contributed by atoms with Crippen LogP contribution >= 0.6 is 0 Å². The van der Waals surface area contributed by atoms with E-state index in [1.807, 2.05) is 0 Å². The third-order valence-corrected chi connectivity index (χ3v) is 3.88. The zero-order valence-corrected chi connectivity index (χ0v) is 10.7. The number of hydrogen-bond acceptors (Lipinski definition) is 1. The molecule has 3 rings (SSSR count). The largest absolute Gasteiger partial charge is 0.372 e. The monoisotopic (exact) mass is 228 g/mol. The molecule has 2 heterocycles. The van der Waals surface area contributed by atoms with Crippen LogP contribution < -0.4 is 4.90 Å². The van der Waals surface area contributed by atoms with Crippen LogP contribution in [0.15, 0.2) is 24.3 Å². The first kappa shape index (κ1) is 10.7. The van der Waals surface area contributed by atoms with Crippen LogP contribution in [0.5, 0.6) is 0 Å². The third-order valence-electron chi connectivity index (χ3n) is 3.88. The van der Waals surface area contributed by atoms with Crippen molar-refractivity contribution in [2.45, 2.75) is 33.2 Å². The summed E-state index contributed by atoms with van der Waals surface area (Å²) in [6, 6.07) is 9.21. The van der Waals surface area contributed by atoms with Gasteiger partial charge in [-0.2, -0.15) is 0 Å². The average molecular weight is 228 g/mol. The summed E-state index contributed by atoms with van der Waals surface area (Å²) in [5, 5.41) is 1.38. The van der Waals surface area contributed by atoms with E-state index < -0.39 is 0 Å². The van der Waals surface area contributed by atoms with Crippen molar-refractivity contribution in [2.24, 2.45) is 0 Å². The molecular formula is C15H20N2. The lowest BCUT2D eigenvalue weighted by atomic mass is 10.2. The normalized spacial score (nSPS) is 16.0. The maximum atomic E-state index is 2.50. The molecule has 1 aromatic carbocycles. The molecule has 1 fully saturated rings. The fourth-order valence-electron chi connectivity index (χ4n) is 2.99. The van der Waals surface area contributed by atoms with E-state index in [1.54, 1.807) is 0 Å². The molecule has 0 unspecified atom stereocenters. The first-order chi connectivity index (χ1) is 8.29. The Morgan fingerprint density at radius 3 is 2.59 bits per heavy atom. The Kier molecular flexibility index (Phi) is 2.58. The molecule has 0 spiro atoms. The van der Waals surface area contributed by atoms with Crippen molar-refractivity contribution >= 4 is 16.6 Å². The predicted octanol–water partition coefficient (Wildman–Crippen LogP) is 3.57. The number of fused-ring (bicyclic) bond motifs is 1. The van der Waals surface area contributed by atoms with Crippen molar-refractivity contribution in [3.8, 4) is 0 Å². The zero-order chi connectivity index (χ0) is 11.8. The van der Waals surface area contributed by atoms with E-state index >= 15 is 0 Å². The number of anilines is 1. The smallest absolute Gasteiger partial charge is 0.0483 e. The van der Waals surface area contributed by atoms with Crippen LogP contribution in [0, 0.1) is 6.92 Å². The van der Waals surface area contributed by atoms with E-state index in [4.69, 9.17) is 0 Å². The van der Waals surface area contributed by atoms with Crippen molar-refractivity contribution in [1.82, 2.24) is 4.57 Å². The zero-order valence-electron chi connectivity index (χ0n) is 10.7. The van der Waals surface area contributed by atoms with E-state index in [-0.39, 0.29) is 0 Å². The highest BCUT2D eigenvalue weighted by Crippen LogP contribution is 2.27. The Bertz CT molecular complexity index is 533. The van der Waals surface area contributed by atoms with E-state index in [1.165, 1.54) is 48.2 Å². The quantitative estimate of drug-likeness (QED) is 0.763. The minimum Gasteiger partial charge on any atom is -0.372 e. The molecule has 1 aromatic heterocycles. The summed E-state index contributed by atoms with van der Waals surface area (Å²) in [7, 11) is 0. The van der Waals surface area contributed by atoms with E-state index in [0.717, 1.165) is 6.54 Å². The average Bonchev–Trinajstić information content (AvgIpc) is 2.93. The summed E-state index contributed by atoms with van der Waals surface area (Å²) in [5.41, 5.74) is 4.12. The third kappa shape index (κ3) is 1.72. The van der Waals surface area contributed by atoms with E-state index in [0.29, 0.717) is 0 Å². The van der Waals surface area contributed by atoms with Crippen molar-refractivity contribution in [3.63, 3.8) is 0 Å². The highest BCUT2D eigenvalue weighted by molar-refractivity contribution is 5.85. The minimum absolute atomic E-state index is 1.05. The Morgan fingerprint density at radius 1 is 1.12 bits per heavy atom. The second kappa shape index (κ2) is 4.10. The molecule has 1 aliphatic heterocycles. The Labute approximate surface area is 103 Å². The van der Waals surface area contributed by atoms with Gasteiger partial charge < -0.3 is 9.47 Å². The highest BCUT2D eigenvalue weighted by Gasteiger charge is 2.13. The van der Waals surface area contributed by atoms with Gasteiger partial charge in [-0.1, -0.05) is 0 Å².